The lowest BCUT2D eigenvalue weighted by Gasteiger charge is -2.36. The Kier molecular flexibility index (Phi) is 3.69. The zero-order valence-corrected chi connectivity index (χ0v) is 10.6. The molecule has 0 saturated heterocycles. The standard InChI is InChI=1S/C14H21NO2/c1-11-8-12(4-5-13(11)17-2)9-15-10-14(16)6-3-7-14/h4-5,8,15-16H,3,6-7,9-10H2,1-2H3. The Labute approximate surface area is 103 Å². The van der Waals surface area contributed by atoms with Gasteiger partial charge < -0.3 is 15.2 Å². The van der Waals surface area contributed by atoms with E-state index < -0.39 is 5.60 Å². The van der Waals surface area contributed by atoms with E-state index in [9.17, 15) is 5.11 Å². The molecule has 0 amide bonds. The van der Waals surface area contributed by atoms with Crippen molar-refractivity contribution in [2.24, 2.45) is 0 Å². The molecule has 17 heavy (non-hydrogen) atoms. The Morgan fingerprint density at radius 2 is 2.18 bits per heavy atom. The molecule has 0 spiro atoms. The van der Waals surface area contributed by atoms with E-state index in [2.05, 4.69) is 17.4 Å². The molecule has 2 N–H and O–H groups in total. The Morgan fingerprint density at radius 3 is 2.71 bits per heavy atom. The zero-order valence-electron chi connectivity index (χ0n) is 10.6. The first-order chi connectivity index (χ1) is 8.13. The van der Waals surface area contributed by atoms with Crippen molar-refractivity contribution < 1.29 is 9.84 Å². The highest BCUT2D eigenvalue weighted by Gasteiger charge is 2.33. The molecule has 1 aliphatic rings. The SMILES string of the molecule is COc1ccc(CNCC2(O)CCC2)cc1C. The molecule has 1 fully saturated rings. The molecular formula is C14H21NO2. The summed E-state index contributed by atoms with van der Waals surface area (Å²) in [5.41, 5.74) is 1.93. The molecule has 0 heterocycles. The van der Waals surface area contributed by atoms with Gasteiger partial charge in [0.2, 0.25) is 0 Å². The Bertz CT molecular complexity index is 386. The van der Waals surface area contributed by atoms with Crippen LogP contribution >= 0.6 is 0 Å². The Hall–Kier alpha value is -1.06. The average molecular weight is 235 g/mol. The van der Waals surface area contributed by atoms with Crippen LogP contribution in [0.5, 0.6) is 5.75 Å². The zero-order chi connectivity index (χ0) is 12.3. The topological polar surface area (TPSA) is 41.5 Å². The fourth-order valence-electron chi connectivity index (χ4n) is 2.25. The molecule has 0 unspecified atom stereocenters. The number of ether oxygens (including phenoxy) is 1. The number of hydrogen-bond donors (Lipinski definition) is 2. The molecule has 3 nitrogen and oxygen atoms in total. The summed E-state index contributed by atoms with van der Waals surface area (Å²) >= 11 is 0. The van der Waals surface area contributed by atoms with Crippen molar-refractivity contribution in [1.82, 2.24) is 5.32 Å². The predicted octanol–water partition coefficient (Wildman–Crippen LogP) is 2.01. The van der Waals surface area contributed by atoms with Gasteiger partial charge in [0.05, 0.1) is 12.7 Å². The van der Waals surface area contributed by atoms with Crippen molar-refractivity contribution in [3.8, 4) is 5.75 Å². The van der Waals surface area contributed by atoms with Crippen LogP contribution in [0.1, 0.15) is 30.4 Å². The van der Waals surface area contributed by atoms with Crippen LogP contribution in [0.15, 0.2) is 18.2 Å². The van der Waals surface area contributed by atoms with Gasteiger partial charge in [0.1, 0.15) is 5.75 Å². The van der Waals surface area contributed by atoms with E-state index in [0.29, 0.717) is 6.54 Å². The fourth-order valence-corrected chi connectivity index (χ4v) is 2.25. The minimum Gasteiger partial charge on any atom is -0.496 e. The number of nitrogens with one attached hydrogen (secondary N) is 1. The summed E-state index contributed by atoms with van der Waals surface area (Å²) in [7, 11) is 1.69. The lowest BCUT2D eigenvalue weighted by Crippen LogP contribution is -2.45. The third kappa shape index (κ3) is 2.99. The van der Waals surface area contributed by atoms with E-state index in [1.54, 1.807) is 7.11 Å². The second-order valence-electron chi connectivity index (χ2n) is 4.99. The molecular weight excluding hydrogens is 214 g/mol. The average Bonchev–Trinajstić information content (AvgIpc) is 2.27. The maximum atomic E-state index is 9.94. The van der Waals surface area contributed by atoms with Gasteiger partial charge in [0.15, 0.2) is 0 Å². The first-order valence-electron chi connectivity index (χ1n) is 6.20. The molecule has 3 heteroatoms. The van der Waals surface area contributed by atoms with E-state index in [4.69, 9.17) is 4.74 Å². The van der Waals surface area contributed by atoms with Crippen molar-refractivity contribution in [2.45, 2.75) is 38.3 Å². The third-order valence-electron chi connectivity index (χ3n) is 3.53. The molecule has 0 aromatic heterocycles. The van der Waals surface area contributed by atoms with Crippen molar-refractivity contribution in [2.75, 3.05) is 13.7 Å². The number of hydrogen-bond acceptors (Lipinski definition) is 3. The molecule has 0 aliphatic heterocycles. The molecule has 0 radical (unpaired) electrons. The minimum absolute atomic E-state index is 0.443. The van der Waals surface area contributed by atoms with E-state index in [-0.39, 0.29) is 0 Å². The molecule has 2 rings (SSSR count). The quantitative estimate of drug-likeness (QED) is 0.820. The molecule has 1 aromatic rings. The van der Waals surface area contributed by atoms with Crippen LogP contribution in [-0.4, -0.2) is 24.4 Å². The maximum Gasteiger partial charge on any atom is 0.121 e. The summed E-state index contributed by atoms with van der Waals surface area (Å²) in [6.07, 6.45) is 3.02. The van der Waals surface area contributed by atoms with Gasteiger partial charge in [-0.05, 0) is 43.4 Å². The van der Waals surface area contributed by atoms with Crippen molar-refractivity contribution in [3.63, 3.8) is 0 Å². The lowest BCUT2D eigenvalue weighted by molar-refractivity contribution is -0.0314. The molecule has 0 atom stereocenters. The normalized spacial score (nSPS) is 17.6. The number of benzene rings is 1. The summed E-state index contributed by atoms with van der Waals surface area (Å²) < 4.78 is 5.22. The smallest absolute Gasteiger partial charge is 0.121 e. The van der Waals surface area contributed by atoms with Crippen molar-refractivity contribution >= 4 is 0 Å². The van der Waals surface area contributed by atoms with Crippen LogP contribution in [0.3, 0.4) is 0 Å². The van der Waals surface area contributed by atoms with E-state index in [1.807, 2.05) is 13.0 Å². The van der Waals surface area contributed by atoms with Crippen LogP contribution < -0.4 is 10.1 Å². The monoisotopic (exact) mass is 235 g/mol. The fraction of sp³-hybridized carbons (Fsp3) is 0.571. The summed E-state index contributed by atoms with van der Waals surface area (Å²) in [6.45, 7) is 3.53. The van der Waals surface area contributed by atoms with Gasteiger partial charge in [0.25, 0.3) is 0 Å². The van der Waals surface area contributed by atoms with Gasteiger partial charge in [0, 0.05) is 13.1 Å². The molecule has 94 valence electrons. The summed E-state index contributed by atoms with van der Waals surface area (Å²) in [6, 6.07) is 6.17. The summed E-state index contributed by atoms with van der Waals surface area (Å²) in [5.74, 6) is 0.923. The van der Waals surface area contributed by atoms with Crippen molar-refractivity contribution in [1.29, 1.82) is 0 Å². The highest BCUT2D eigenvalue weighted by atomic mass is 16.5. The van der Waals surface area contributed by atoms with Crippen LogP contribution in [-0.2, 0) is 6.54 Å². The minimum atomic E-state index is -0.443. The largest absolute Gasteiger partial charge is 0.496 e. The van der Waals surface area contributed by atoms with Crippen LogP contribution in [0.25, 0.3) is 0 Å². The van der Waals surface area contributed by atoms with E-state index in [1.165, 1.54) is 5.56 Å². The maximum absolute atomic E-state index is 9.94. The van der Waals surface area contributed by atoms with Gasteiger partial charge >= 0.3 is 0 Å². The predicted molar refractivity (Wildman–Crippen MR) is 68.2 cm³/mol. The number of aliphatic hydroxyl groups is 1. The first-order valence-corrected chi connectivity index (χ1v) is 6.20. The highest BCUT2D eigenvalue weighted by Crippen LogP contribution is 2.30. The summed E-state index contributed by atoms with van der Waals surface area (Å²) in [4.78, 5) is 0. The van der Waals surface area contributed by atoms with E-state index in [0.717, 1.165) is 37.1 Å². The second-order valence-corrected chi connectivity index (χ2v) is 4.99. The second kappa shape index (κ2) is 5.07. The van der Waals surface area contributed by atoms with E-state index >= 15 is 0 Å². The Balaban J connectivity index is 1.84. The molecule has 1 saturated carbocycles. The van der Waals surface area contributed by atoms with Crippen LogP contribution in [0.4, 0.5) is 0 Å². The summed E-state index contributed by atoms with van der Waals surface area (Å²) in [5, 5.41) is 13.3. The number of methoxy groups -OCH3 is 1. The highest BCUT2D eigenvalue weighted by molar-refractivity contribution is 5.36. The lowest BCUT2D eigenvalue weighted by atomic mass is 9.80. The molecule has 1 aliphatic carbocycles. The van der Waals surface area contributed by atoms with Gasteiger partial charge in [-0.3, -0.25) is 0 Å². The van der Waals surface area contributed by atoms with Gasteiger partial charge in [-0.2, -0.15) is 0 Å². The third-order valence-corrected chi connectivity index (χ3v) is 3.53. The molecule has 1 aromatic carbocycles. The van der Waals surface area contributed by atoms with Gasteiger partial charge in [-0.25, -0.2) is 0 Å². The Morgan fingerprint density at radius 1 is 1.41 bits per heavy atom. The van der Waals surface area contributed by atoms with Gasteiger partial charge in [-0.15, -0.1) is 0 Å². The number of rotatable bonds is 5. The van der Waals surface area contributed by atoms with Crippen LogP contribution in [0, 0.1) is 6.92 Å². The van der Waals surface area contributed by atoms with Crippen LogP contribution in [0.2, 0.25) is 0 Å². The molecule has 0 bridgehead atoms. The van der Waals surface area contributed by atoms with Crippen molar-refractivity contribution in [3.05, 3.63) is 29.3 Å². The van der Waals surface area contributed by atoms with Gasteiger partial charge in [-0.1, -0.05) is 12.1 Å². The number of aryl methyl sites for hydroxylation is 1. The first kappa shape index (κ1) is 12.4.